The molecule has 0 saturated carbocycles. The molecule has 1 aromatic heterocycles. The van der Waals surface area contributed by atoms with Crippen LogP contribution in [0.1, 0.15) is 36.3 Å². The van der Waals surface area contributed by atoms with Crippen molar-refractivity contribution < 1.29 is 9.53 Å². The first-order valence-corrected chi connectivity index (χ1v) is 8.56. The van der Waals surface area contributed by atoms with E-state index in [2.05, 4.69) is 15.3 Å². The number of nitrogens with zero attached hydrogens (tertiary/aromatic N) is 1. The number of carbonyl (C=O) groups excluding carboxylic acids is 1. The van der Waals surface area contributed by atoms with E-state index in [1.54, 1.807) is 7.11 Å². The number of nitrogen functional groups attached to an aromatic ring is 1. The molecule has 128 valence electrons. The smallest absolute Gasteiger partial charge is 0.200 e. The summed E-state index contributed by atoms with van der Waals surface area (Å²) in [7, 11) is 1.62. The maximum atomic E-state index is 12.7. The maximum Gasteiger partial charge on any atom is 0.200 e. The van der Waals surface area contributed by atoms with Crippen molar-refractivity contribution in [1.82, 2.24) is 9.97 Å². The summed E-state index contributed by atoms with van der Waals surface area (Å²) in [4.78, 5) is 20.0. The van der Waals surface area contributed by atoms with Crippen molar-refractivity contribution in [3.8, 4) is 5.75 Å². The van der Waals surface area contributed by atoms with Crippen LogP contribution in [0.25, 0.3) is 0 Å². The molecule has 4 N–H and O–H groups in total. The number of nitrogens with two attached hydrogens (primary N) is 1. The lowest BCUT2D eigenvalue weighted by molar-refractivity contribution is -0.116. The normalized spacial score (nSPS) is 19.1. The Bertz CT molecular complexity index is 964. The number of benzene rings is 1. The van der Waals surface area contributed by atoms with E-state index < -0.39 is 0 Å². The third kappa shape index (κ3) is 2.60. The molecule has 1 atom stereocenters. The lowest BCUT2D eigenvalue weighted by Crippen LogP contribution is -2.28. The molecule has 1 aromatic carbocycles. The number of aromatic nitrogens is 2. The molecule has 0 saturated heterocycles. The molecule has 7 heteroatoms. The number of carbonyl (C=O) groups is 1. The van der Waals surface area contributed by atoms with Gasteiger partial charge < -0.3 is 20.8 Å². The van der Waals surface area contributed by atoms with Crippen LogP contribution < -0.4 is 15.8 Å². The average Bonchev–Trinajstić information content (AvgIpc) is 2.60. The summed E-state index contributed by atoms with van der Waals surface area (Å²) >= 11 is 5.16. The van der Waals surface area contributed by atoms with Crippen molar-refractivity contribution in [2.45, 2.75) is 25.2 Å². The van der Waals surface area contributed by atoms with Gasteiger partial charge in [-0.25, -0.2) is 4.98 Å². The average molecular weight is 354 g/mol. The van der Waals surface area contributed by atoms with Gasteiger partial charge in [-0.3, -0.25) is 4.79 Å². The van der Waals surface area contributed by atoms with Gasteiger partial charge in [-0.05, 0) is 42.8 Å². The minimum atomic E-state index is -0.284. The number of aromatic amines is 1. The maximum absolute atomic E-state index is 12.7. The zero-order valence-electron chi connectivity index (χ0n) is 13.8. The highest BCUT2D eigenvalue weighted by Crippen LogP contribution is 2.46. The Labute approximate surface area is 150 Å². The molecule has 0 bridgehead atoms. The van der Waals surface area contributed by atoms with Crippen LogP contribution in [-0.4, -0.2) is 22.9 Å². The lowest BCUT2D eigenvalue weighted by atomic mass is 9.76. The van der Waals surface area contributed by atoms with Gasteiger partial charge in [0, 0.05) is 29.2 Å². The second kappa shape index (κ2) is 6.00. The number of ketones is 1. The summed E-state index contributed by atoms with van der Waals surface area (Å²) in [6.45, 7) is 0. The number of hydrogen-bond donors (Lipinski definition) is 3. The fourth-order valence-corrected chi connectivity index (χ4v) is 3.86. The molecule has 6 nitrogen and oxygen atoms in total. The van der Waals surface area contributed by atoms with Gasteiger partial charge in [0.05, 0.1) is 7.11 Å². The molecule has 1 aliphatic carbocycles. The van der Waals surface area contributed by atoms with E-state index in [9.17, 15) is 4.79 Å². The summed E-state index contributed by atoms with van der Waals surface area (Å²) in [5, 5.41) is 3.29. The highest BCUT2D eigenvalue weighted by Gasteiger charge is 2.37. The molecular weight excluding hydrogens is 336 g/mol. The van der Waals surface area contributed by atoms with Crippen LogP contribution in [0.5, 0.6) is 5.75 Å². The fraction of sp³-hybridized carbons (Fsp3) is 0.278. The molecule has 1 unspecified atom stereocenters. The van der Waals surface area contributed by atoms with Crippen molar-refractivity contribution >= 4 is 29.6 Å². The van der Waals surface area contributed by atoms with Crippen LogP contribution in [0.15, 0.2) is 35.5 Å². The Hall–Kier alpha value is -2.67. The molecule has 4 rings (SSSR count). The number of Topliss-reactive ketones (excluding diaryl/α,β-unsaturated/α-hetero) is 1. The molecule has 0 fully saturated rings. The van der Waals surface area contributed by atoms with Gasteiger partial charge in [0.1, 0.15) is 17.4 Å². The van der Waals surface area contributed by atoms with Gasteiger partial charge in [-0.15, -0.1) is 0 Å². The number of allylic oxidation sites excluding steroid dienone is 2. The van der Waals surface area contributed by atoms with Crippen LogP contribution in [0.3, 0.4) is 0 Å². The molecule has 2 heterocycles. The quantitative estimate of drug-likeness (QED) is 0.717. The summed E-state index contributed by atoms with van der Waals surface area (Å²) in [5.74, 6) is 1.66. The van der Waals surface area contributed by atoms with E-state index in [4.69, 9.17) is 22.7 Å². The van der Waals surface area contributed by atoms with E-state index in [0.717, 1.165) is 41.0 Å². The summed E-state index contributed by atoms with van der Waals surface area (Å²) in [6.07, 6.45) is 2.19. The summed E-state index contributed by atoms with van der Waals surface area (Å²) in [5.41, 5.74) is 9.64. The third-order valence-corrected chi connectivity index (χ3v) is 4.92. The standard InChI is InChI=1S/C18H18N4O2S/c1-24-10-5-2-4-9(8-10)13-14-11(6-3-7-12(14)23)20-17-15(13)16(19)21-18(25)22-17/h2,4-5,8,13H,3,6-7H2,1H3,(H4,19,20,21,22,25). The van der Waals surface area contributed by atoms with Gasteiger partial charge in [-0.1, -0.05) is 12.1 Å². The second-order valence-electron chi connectivity index (χ2n) is 6.22. The molecule has 1 aliphatic heterocycles. The molecule has 0 amide bonds. The number of fused-ring (bicyclic) bond motifs is 1. The van der Waals surface area contributed by atoms with Gasteiger partial charge in [0.2, 0.25) is 0 Å². The van der Waals surface area contributed by atoms with Gasteiger partial charge in [-0.2, -0.15) is 0 Å². The van der Waals surface area contributed by atoms with Gasteiger partial charge in [0.25, 0.3) is 0 Å². The van der Waals surface area contributed by atoms with E-state index >= 15 is 0 Å². The van der Waals surface area contributed by atoms with E-state index in [-0.39, 0.29) is 11.7 Å². The number of hydrogen-bond acceptors (Lipinski definition) is 6. The zero-order chi connectivity index (χ0) is 17.6. The Morgan fingerprint density at radius 1 is 1.36 bits per heavy atom. The Balaban J connectivity index is 1.99. The molecule has 2 aromatic rings. The molecule has 2 aliphatic rings. The third-order valence-electron chi connectivity index (χ3n) is 4.73. The van der Waals surface area contributed by atoms with Crippen LogP contribution in [-0.2, 0) is 4.79 Å². The topological polar surface area (TPSA) is 93.0 Å². The molecular formula is C18H18N4O2S. The number of nitrogens with one attached hydrogen (secondary N) is 2. The van der Waals surface area contributed by atoms with Crippen LogP contribution in [0.4, 0.5) is 11.6 Å². The van der Waals surface area contributed by atoms with E-state index in [1.807, 2.05) is 24.3 Å². The zero-order valence-corrected chi connectivity index (χ0v) is 14.6. The summed E-state index contributed by atoms with van der Waals surface area (Å²) in [6, 6.07) is 7.71. The van der Waals surface area contributed by atoms with Crippen molar-refractivity contribution in [3.05, 3.63) is 51.4 Å². The molecule has 0 radical (unpaired) electrons. The lowest BCUT2D eigenvalue weighted by Gasteiger charge is -2.33. The van der Waals surface area contributed by atoms with Crippen molar-refractivity contribution in [2.24, 2.45) is 0 Å². The minimum Gasteiger partial charge on any atom is -0.497 e. The Morgan fingerprint density at radius 3 is 3.00 bits per heavy atom. The first-order chi connectivity index (χ1) is 12.1. The Morgan fingerprint density at radius 2 is 2.20 bits per heavy atom. The highest BCUT2D eigenvalue weighted by molar-refractivity contribution is 7.71. The first-order valence-electron chi connectivity index (χ1n) is 8.15. The van der Waals surface area contributed by atoms with Crippen molar-refractivity contribution in [3.63, 3.8) is 0 Å². The number of H-pyrrole nitrogens is 1. The van der Waals surface area contributed by atoms with Crippen molar-refractivity contribution in [2.75, 3.05) is 18.2 Å². The predicted molar refractivity (Wildman–Crippen MR) is 98.2 cm³/mol. The number of ether oxygens (including phenoxy) is 1. The van der Waals surface area contributed by atoms with E-state index in [1.165, 1.54) is 0 Å². The second-order valence-corrected chi connectivity index (χ2v) is 6.61. The molecule has 0 spiro atoms. The predicted octanol–water partition coefficient (Wildman–Crippen LogP) is 3.29. The summed E-state index contributed by atoms with van der Waals surface area (Å²) < 4.78 is 5.68. The Kier molecular flexibility index (Phi) is 3.80. The SMILES string of the molecule is COc1cccc(C2C3=C(CCCC3=O)Nc3nc(=S)[nH]c(N)c32)c1. The van der Waals surface area contributed by atoms with Gasteiger partial charge >= 0.3 is 0 Å². The van der Waals surface area contributed by atoms with Crippen molar-refractivity contribution in [1.29, 1.82) is 0 Å². The van der Waals surface area contributed by atoms with Gasteiger partial charge in [0.15, 0.2) is 10.6 Å². The number of anilines is 2. The molecule has 25 heavy (non-hydrogen) atoms. The monoisotopic (exact) mass is 354 g/mol. The number of methoxy groups -OCH3 is 1. The number of rotatable bonds is 2. The largest absolute Gasteiger partial charge is 0.497 e. The van der Waals surface area contributed by atoms with E-state index in [0.29, 0.717) is 22.8 Å². The fourth-order valence-electron chi connectivity index (χ4n) is 3.66. The highest BCUT2D eigenvalue weighted by atomic mass is 32.1. The minimum absolute atomic E-state index is 0.147. The van der Waals surface area contributed by atoms with Crippen LogP contribution >= 0.6 is 12.2 Å². The van der Waals surface area contributed by atoms with Crippen LogP contribution in [0.2, 0.25) is 0 Å². The first kappa shape index (κ1) is 15.8. The van der Waals surface area contributed by atoms with Crippen LogP contribution in [0, 0.1) is 4.77 Å².